The molecular formula is C29H28N4O2S. The topological polar surface area (TPSA) is 86.9 Å². The number of thiophene rings is 1. The van der Waals surface area contributed by atoms with E-state index in [2.05, 4.69) is 15.6 Å². The highest BCUT2D eigenvalue weighted by molar-refractivity contribution is 7.12. The van der Waals surface area contributed by atoms with Gasteiger partial charge in [0, 0.05) is 16.9 Å². The van der Waals surface area contributed by atoms with Gasteiger partial charge in [-0.1, -0.05) is 6.07 Å². The van der Waals surface area contributed by atoms with Crippen molar-refractivity contribution in [3.05, 3.63) is 64.9 Å². The van der Waals surface area contributed by atoms with Crippen LogP contribution in [-0.4, -0.2) is 21.8 Å². The highest BCUT2D eigenvalue weighted by Crippen LogP contribution is 2.60. The van der Waals surface area contributed by atoms with E-state index in [1.165, 1.54) is 30.6 Å². The highest BCUT2D eigenvalue weighted by atomic mass is 32.1. The van der Waals surface area contributed by atoms with Gasteiger partial charge in [-0.3, -0.25) is 9.59 Å². The Morgan fingerprint density at radius 2 is 1.58 bits per heavy atom. The van der Waals surface area contributed by atoms with Crippen LogP contribution in [0.1, 0.15) is 48.2 Å². The SMILES string of the molecule is O=C(Nc1ccc(-c2nc3ccc(NC(=O)C45CC6CC(CC(C6)C4)C5)cc3[nH]2)cc1)c1cccs1. The lowest BCUT2D eigenvalue weighted by atomic mass is 9.49. The number of anilines is 2. The van der Waals surface area contributed by atoms with Gasteiger partial charge < -0.3 is 15.6 Å². The van der Waals surface area contributed by atoms with Crippen LogP contribution >= 0.6 is 11.3 Å². The number of hydrogen-bond donors (Lipinski definition) is 3. The monoisotopic (exact) mass is 496 g/mol. The van der Waals surface area contributed by atoms with Crippen molar-refractivity contribution in [3.8, 4) is 11.4 Å². The van der Waals surface area contributed by atoms with Crippen molar-refractivity contribution < 1.29 is 9.59 Å². The Balaban J connectivity index is 1.07. The van der Waals surface area contributed by atoms with Crippen LogP contribution in [0.3, 0.4) is 0 Å². The van der Waals surface area contributed by atoms with Crippen LogP contribution in [0.25, 0.3) is 22.4 Å². The van der Waals surface area contributed by atoms with Gasteiger partial charge in [0.1, 0.15) is 5.82 Å². The molecule has 3 N–H and O–H groups in total. The number of aromatic nitrogens is 2. The first-order valence-corrected chi connectivity index (χ1v) is 13.7. The zero-order valence-corrected chi connectivity index (χ0v) is 20.7. The molecule has 4 aliphatic carbocycles. The Labute approximate surface area is 213 Å². The molecule has 4 aromatic rings. The molecular weight excluding hydrogens is 468 g/mol. The molecule has 4 bridgehead atoms. The zero-order chi connectivity index (χ0) is 24.3. The third kappa shape index (κ3) is 3.82. The second kappa shape index (κ2) is 8.30. The number of hydrogen-bond acceptors (Lipinski definition) is 4. The molecule has 2 aromatic heterocycles. The first kappa shape index (κ1) is 21.8. The summed E-state index contributed by atoms with van der Waals surface area (Å²) in [5, 5.41) is 8.06. The molecule has 0 atom stereocenters. The van der Waals surface area contributed by atoms with E-state index in [1.54, 1.807) is 0 Å². The normalized spacial score (nSPS) is 26.3. The van der Waals surface area contributed by atoms with Crippen molar-refractivity contribution in [1.82, 2.24) is 9.97 Å². The van der Waals surface area contributed by atoms with E-state index in [-0.39, 0.29) is 17.2 Å². The van der Waals surface area contributed by atoms with Crippen LogP contribution < -0.4 is 10.6 Å². The van der Waals surface area contributed by atoms with E-state index in [0.717, 1.165) is 70.8 Å². The number of benzene rings is 2. The molecule has 2 heterocycles. The van der Waals surface area contributed by atoms with E-state index < -0.39 is 0 Å². The fourth-order valence-corrected chi connectivity index (χ4v) is 7.81. The van der Waals surface area contributed by atoms with Crippen LogP contribution in [0.15, 0.2) is 60.0 Å². The minimum atomic E-state index is -0.163. The summed E-state index contributed by atoms with van der Waals surface area (Å²) in [6, 6.07) is 17.2. The molecule has 6 nitrogen and oxygen atoms in total. The maximum atomic E-state index is 13.4. The Kier molecular flexibility index (Phi) is 5.03. The average molecular weight is 497 g/mol. The molecule has 0 saturated heterocycles. The van der Waals surface area contributed by atoms with Gasteiger partial charge in [-0.2, -0.15) is 0 Å². The van der Waals surface area contributed by atoms with Crippen molar-refractivity contribution in [2.24, 2.45) is 23.2 Å². The third-order valence-electron chi connectivity index (χ3n) is 8.42. The van der Waals surface area contributed by atoms with Gasteiger partial charge in [0.25, 0.3) is 5.91 Å². The summed E-state index contributed by atoms with van der Waals surface area (Å²) in [5.74, 6) is 3.09. The van der Waals surface area contributed by atoms with Gasteiger partial charge in [0.15, 0.2) is 0 Å². The van der Waals surface area contributed by atoms with Gasteiger partial charge in [-0.15, -0.1) is 11.3 Å². The third-order valence-corrected chi connectivity index (χ3v) is 9.29. The number of fused-ring (bicyclic) bond motifs is 1. The predicted molar refractivity (Wildman–Crippen MR) is 143 cm³/mol. The van der Waals surface area contributed by atoms with Gasteiger partial charge >= 0.3 is 0 Å². The molecule has 182 valence electrons. The Hall–Kier alpha value is -3.45. The first-order valence-electron chi connectivity index (χ1n) is 12.8. The highest BCUT2D eigenvalue weighted by Gasteiger charge is 2.54. The summed E-state index contributed by atoms with van der Waals surface area (Å²) in [7, 11) is 0. The fraction of sp³-hybridized carbons (Fsp3) is 0.345. The summed E-state index contributed by atoms with van der Waals surface area (Å²) in [4.78, 5) is 34.5. The Morgan fingerprint density at radius 1 is 0.889 bits per heavy atom. The molecule has 2 aromatic carbocycles. The number of rotatable bonds is 5. The molecule has 0 spiro atoms. The number of imidazole rings is 1. The number of carbonyl (C=O) groups excluding carboxylic acids is 2. The Morgan fingerprint density at radius 3 is 2.25 bits per heavy atom. The summed E-state index contributed by atoms with van der Waals surface area (Å²) in [6.07, 6.45) is 7.17. The molecule has 36 heavy (non-hydrogen) atoms. The molecule has 2 amide bonds. The smallest absolute Gasteiger partial charge is 0.265 e. The number of nitrogens with one attached hydrogen (secondary N) is 3. The molecule has 0 unspecified atom stereocenters. The fourth-order valence-electron chi connectivity index (χ4n) is 7.19. The number of H-pyrrole nitrogens is 1. The number of carbonyl (C=O) groups is 2. The van der Waals surface area contributed by atoms with Crippen molar-refractivity contribution >= 4 is 45.6 Å². The second-order valence-corrected chi connectivity index (χ2v) is 11.9. The van der Waals surface area contributed by atoms with Crippen LogP contribution in [0.2, 0.25) is 0 Å². The average Bonchev–Trinajstić information content (AvgIpc) is 3.54. The molecule has 4 fully saturated rings. The van der Waals surface area contributed by atoms with Crippen molar-refractivity contribution in [3.63, 3.8) is 0 Å². The van der Waals surface area contributed by atoms with E-state index in [1.807, 2.05) is 60.0 Å². The predicted octanol–water partition coefficient (Wildman–Crippen LogP) is 6.70. The molecule has 7 heteroatoms. The van der Waals surface area contributed by atoms with Crippen molar-refractivity contribution in [2.45, 2.75) is 38.5 Å². The van der Waals surface area contributed by atoms with E-state index in [4.69, 9.17) is 4.98 Å². The molecule has 4 saturated carbocycles. The second-order valence-electron chi connectivity index (χ2n) is 11.0. The zero-order valence-electron chi connectivity index (χ0n) is 19.9. The number of amides is 2. The lowest BCUT2D eigenvalue weighted by Gasteiger charge is -2.55. The summed E-state index contributed by atoms with van der Waals surface area (Å²) in [5.41, 5.74) is 4.08. The first-order chi connectivity index (χ1) is 17.5. The lowest BCUT2D eigenvalue weighted by molar-refractivity contribution is -0.140. The molecule has 4 aliphatic rings. The lowest BCUT2D eigenvalue weighted by Crippen LogP contribution is -2.51. The van der Waals surface area contributed by atoms with Crippen LogP contribution in [0.5, 0.6) is 0 Å². The maximum absolute atomic E-state index is 13.4. The van der Waals surface area contributed by atoms with E-state index >= 15 is 0 Å². The van der Waals surface area contributed by atoms with E-state index in [9.17, 15) is 9.59 Å². The quantitative estimate of drug-likeness (QED) is 0.287. The van der Waals surface area contributed by atoms with Crippen LogP contribution in [0.4, 0.5) is 11.4 Å². The van der Waals surface area contributed by atoms with Crippen molar-refractivity contribution in [2.75, 3.05) is 10.6 Å². The molecule has 0 aliphatic heterocycles. The van der Waals surface area contributed by atoms with Crippen LogP contribution in [-0.2, 0) is 4.79 Å². The van der Waals surface area contributed by atoms with Crippen LogP contribution in [0, 0.1) is 23.2 Å². The van der Waals surface area contributed by atoms with Crippen molar-refractivity contribution in [1.29, 1.82) is 0 Å². The maximum Gasteiger partial charge on any atom is 0.265 e. The Bertz CT molecular complexity index is 1420. The van der Waals surface area contributed by atoms with Gasteiger partial charge in [0.05, 0.1) is 21.3 Å². The van der Waals surface area contributed by atoms with Gasteiger partial charge in [-0.05, 0) is 110 Å². The molecule has 8 rings (SSSR count). The number of nitrogens with zero attached hydrogens (tertiary/aromatic N) is 1. The summed E-state index contributed by atoms with van der Waals surface area (Å²) < 4.78 is 0. The standard InChI is InChI=1S/C29H28N4O2S/c34-27(25-2-1-9-36-25)30-21-5-3-20(4-6-21)26-32-23-8-7-22(13-24(23)33-26)31-28(35)29-14-17-10-18(15-29)12-19(11-17)16-29/h1-9,13,17-19H,10-12,14-16H2,(H,30,34)(H,31,35)(H,32,33). The minimum Gasteiger partial charge on any atom is -0.338 e. The number of aromatic amines is 1. The van der Waals surface area contributed by atoms with Gasteiger partial charge in [-0.25, -0.2) is 4.98 Å². The summed E-state index contributed by atoms with van der Waals surface area (Å²) in [6.45, 7) is 0. The largest absolute Gasteiger partial charge is 0.338 e. The summed E-state index contributed by atoms with van der Waals surface area (Å²) >= 11 is 1.42. The minimum absolute atomic E-state index is 0.107. The van der Waals surface area contributed by atoms with Gasteiger partial charge in [0.2, 0.25) is 5.91 Å². The molecule has 0 radical (unpaired) electrons. The van der Waals surface area contributed by atoms with E-state index in [0.29, 0.717) is 4.88 Å².